The van der Waals surface area contributed by atoms with Gasteiger partial charge in [0.15, 0.2) is 0 Å². The lowest BCUT2D eigenvalue weighted by Gasteiger charge is -2.39. The second-order valence-corrected chi connectivity index (χ2v) is 6.22. The molecule has 0 bridgehead atoms. The maximum Gasteiger partial charge on any atom is 0.254 e. The van der Waals surface area contributed by atoms with Gasteiger partial charge >= 0.3 is 0 Å². The molecule has 21 heavy (non-hydrogen) atoms. The average Bonchev–Trinajstić information content (AvgIpc) is 3.01. The fraction of sp³-hybridized carbons (Fsp3) is 0.588. The molecule has 2 saturated heterocycles. The topological polar surface area (TPSA) is 32.3 Å². The van der Waals surface area contributed by atoms with E-state index >= 15 is 0 Å². The molecule has 2 fully saturated rings. The van der Waals surface area contributed by atoms with Crippen LogP contribution in [-0.4, -0.2) is 36.0 Å². The molecule has 1 aromatic rings. The number of hydrogen-bond donors (Lipinski definition) is 1. The van der Waals surface area contributed by atoms with Gasteiger partial charge < -0.3 is 10.2 Å². The van der Waals surface area contributed by atoms with Crippen LogP contribution in [0.25, 0.3) is 0 Å². The van der Waals surface area contributed by atoms with Crippen molar-refractivity contribution in [3.05, 3.63) is 35.1 Å². The molecule has 3 rings (SSSR count). The molecule has 1 N–H and O–H groups in total. The molecule has 114 valence electrons. The van der Waals surface area contributed by atoms with Gasteiger partial charge in [-0.1, -0.05) is 0 Å². The summed E-state index contributed by atoms with van der Waals surface area (Å²) in [5, 5.41) is 3.53. The third-order valence-electron chi connectivity index (χ3n) is 4.79. The third-order valence-corrected chi connectivity index (χ3v) is 4.79. The van der Waals surface area contributed by atoms with Crippen molar-refractivity contribution in [2.24, 2.45) is 0 Å². The van der Waals surface area contributed by atoms with Crippen molar-refractivity contribution in [3.8, 4) is 0 Å². The summed E-state index contributed by atoms with van der Waals surface area (Å²) in [6, 6.07) is 5.17. The summed E-state index contributed by atoms with van der Waals surface area (Å²) in [5.41, 5.74) is 1.37. The number of halogens is 1. The molecule has 3 nitrogen and oxygen atoms in total. The second-order valence-electron chi connectivity index (χ2n) is 6.22. The van der Waals surface area contributed by atoms with E-state index in [9.17, 15) is 9.18 Å². The third kappa shape index (κ3) is 2.95. The first-order chi connectivity index (χ1) is 10.2. The quantitative estimate of drug-likeness (QED) is 0.908. The summed E-state index contributed by atoms with van der Waals surface area (Å²) in [5.74, 6) is -0.220. The minimum Gasteiger partial charge on any atom is -0.334 e. The lowest BCUT2D eigenvalue weighted by Crippen LogP contribution is -2.52. The number of likely N-dealkylation sites (tertiary alicyclic amines) is 1. The van der Waals surface area contributed by atoms with E-state index in [1.807, 2.05) is 11.8 Å². The Hall–Kier alpha value is -1.42. The molecule has 2 aliphatic heterocycles. The van der Waals surface area contributed by atoms with Crippen LogP contribution in [-0.2, 0) is 0 Å². The van der Waals surface area contributed by atoms with E-state index in [1.165, 1.54) is 25.0 Å². The van der Waals surface area contributed by atoms with Crippen LogP contribution in [0.15, 0.2) is 18.2 Å². The summed E-state index contributed by atoms with van der Waals surface area (Å²) in [7, 11) is 0. The van der Waals surface area contributed by atoms with E-state index in [0.29, 0.717) is 17.6 Å². The van der Waals surface area contributed by atoms with Gasteiger partial charge in [0.25, 0.3) is 5.91 Å². The molecule has 2 aliphatic rings. The van der Waals surface area contributed by atoms with Crippen molar-refractivity contribution in [3.63, 3.8) is 0 Å². The van der Waals surface area contributed by atoms with Crippen molar-refractivity contribution in [2.75, 3.05) is 13.1 Å². The molecule has 2 atom stereocenters. The molecule has 2 heterocycles. The first-order valence-corrected chi connectivity index (χ1v) is 7.97. The number of nitrogens with zero attached hydrogens (tertiary/aromatic N) is 1. The van der Waals surface area contributed by atoms with Crippen molar-refractivity contribution >= 4 is 5.91 Å². The van der Waals surface area contributed by atoms with Gasteiger partial charge in [-0.2, -0.15) is 0 Å². The van der Waals surface area contributed by atoms with E-state index in [0.717, 1.165) is 37.9 Å². The van der Waals surface area contributed by atoms with Crippen LogP contribution in [0.2, 0.25) is 0 Å². The van der Waals surface area contributed by atoms with Crippen LogP contribution in [0.5, 0.6) is 0 Å². The summed E-state index contributed by atoms with van der Waals surface area (Å²) in [4.78, 5) is 14.9. The van der Waals surface area contributed by atoms with Gasteiger partial charge in [0.2, 0.25) is 0 Å². The minimum atomic E-state index is -0.281. The van der Waals surface area contributed by atoms with Crippen LogP contribution in [0.4, 0.5) is 4.39 Å². The number of aryl methyl sites for hydroxylation is 1. The maximum absolute atomic E-state index is 13.2. The number of carbonyl (C=O) groups excluding carboxylic acids is 1. The average molecular weight is 290 g/mol. The van der Waals surface area contributed by atoms with E-state index in [1.54, 1.807) is 6.07 Å². The Labute approximate surface area is 125 Å². The number of rotatable bonds is 2. The zero-order valence-corrected chi connectivity index (χ0v) is 12.6. The molecule has 4 heteroatoms. The summed E-state index contributed by atoms with van der Waals surface area (Å²) >= 11 is 0. The van der Waals surface area contributed by atoms with Gasteiger partial charge in [0, 0.05) is 24.2 Å². The number of hydrogen-bond acceptors (Lipinski definition) is 2. The highest BCUT2D eigenvalue weighted by atomic mass is 19.1. The lowest BCUT2D eigenvalue weighted by atomic mass is 9.93. The fourth-order valence-corrected chi connectivity index (χ4v) is 3.69. The molecule has 1 aromatic carbocycles. The Morgan fingerprint density at radius 1 is 1.29 bits per heavy atom. The normalized spacial score (nSPS) is 26.1. The number of benzene rings is 1. The van der Waals surface area contributed by atoms with Crippen LogP contribution in [0, 0.1) is 12.7 Å². The van der Waals surface area contributed by atoms with Gasteiger partial charge in [-0.15, -0.1) is 0 Å². The Morgan fingerprint density at radius 3 is 2.86 bits per heavy atom. The van der Waals surface area contributed by atoms with Crippen LogP contribution in [0.1, 0.15) is 48.0 Å². The summed E-state index contributed by atoms with van der Waals surface area (Å²) in [6.45, 7) is 3.68. The first-order valence-electron chi connectivity index (χ1n) is 7.97. The smallest absolute Gasteiger partial charge is 0.254 e. The molecule has 1 amide bonds. The van der Waals surface area contributed by atoms with E-state index in [4.69, 9.17) is 0 Å². The summed E-state index contributed by atoms with van der Waals surface area (Å²) in [6.07, 6.45) is 5.67. The van der Waals surface area contributed by atoms with Crippen molar-refractivity contribution < 1.29 is 9.18 Å². The molecule has 0 radical (unpaired) electrons. The van der Waals surface area contributed by atoms with Crippen LogP contribution in [0.3, 0.4) is 0 Å². The van der Waals surface area contributed by atoms with Gasteiger partial charge in [-0.05, 0) is 69.3 Å². The highest BCUT2D eigenvalue weighted by Crippen LogP contribution is 2.26. The Kier molecular flexibility index (Phi) is 4.24. The van der Waals surface area contributed by atoms with Crippen molar-refractivity contribution in [2.45, 2.75) is 51.1 Å². The van der Waals surface area contributed by atoms with Crippen LogP contribution < -0.4 is 5.32 Å². The number of piperidine rings is 1. The van der Waals surface area contributed by atoms with Crippen molar-refractivity contribution in [1.29, 1.82) is 0 Å². The van der Waals surface area contributed by atoms with Crippen LogP contribution >= 0.6 is 0 Å². The van der Waals surface area contributed by atoms with Gasteiger partial charge in [-0.3, -0.25) is 4.79 Å². The molecule has 0 saturated carbocycles. The fourth-order valence-electron chi connectivity index (χ4n) is 3.69. The monoisotopic (exact) mass is 290 g/mol. The highest BCUT2D eigenvalue weighted by Gasteiger charge is 2.34. The molecule has 2 unspecified atom stereocenters. The van der Waals surface area contributed by atoms with Gasteiger partial charge in [-0.25, -0.2) is 4.39 Å². The number of nitrogens with one attached hydrogen (secondary N) is 1. The lowest BCUT2D eigenvalue weighted by molar-refractivity contribution is 0.0563. The highest BCUT2D eigenvalue weighted by molar-refractivity contribution is 5.96. The number of carbonyl (C=O) groups is 1. The zero-order valence-electron chi connectivity index (χ0n) is 12.6. The summed E-state index contributed by atoms with van der Waals surface area (Å²) < 4.78 is 13.2. The molecular weight excluding hydrogens is 267 g/mol. The SMILES string of the molecule is Cc1cc(F)ccc1C(=O)N1CCCCC1C1CCCN1. The largest absolute Gasteiger partial charge is 0.334 e. The number of amides is 1. The molecule has 0 aliphatic carbocycles. The van der Waals surface area contributed by atoms with Gasteiger partial charge in [0.05, 0.1) is 0 Å². The van der Waals surface area contributed by atoms with E-state index in [-0.39, 0.29) is 11.7 Å². The molecular formula is C17H23FN2O. The first kappa shape index (κ1) is 14.5. The molecule has 0 aromatic heterocycles. The minimum absolute atomic E-state index is 0.0610. The van der Waals surface area contributed by atoms with Gasteiger partial charge in [0.1, 0.15) is 5.82 Å². The Balaban J connectivity index is 1.83. The second kappa shape index (κ2) is 6.14. The predicted octanol–water partition coefficient (Wildman–Crippen LogP) is 2.88. The van der Waals surface area contributed by atoms with E-state index < -0.39 is 0 Å². The standard InChI is InChI=1S/C17H23FN2O/c1-12-11-13(18)7-8-14(12)17(21)20-10-3-2-6-16(20)15-5-4-9-19-15/h7-8,11,15-16,19H,2-6,9-10H2,1H3. The Morgan fingerprint density at radius 2 is 2.14 bits per heavy atom. The van der Waals surface area contributed by atoms with E-state index in [2.05, 4.69) is 5.32 Å². The Bertz CT molecular complexity index is 526. The maximum atomic E-state index is 13.2. The zero-order chi connectivity index (χ0) is 14.8. The molecule has 0 spiro atoms. The van der Waals surface area contributed by atoms with Crippen molar-refractivity contribution in [1.82, 2.24) is 10.2 Å². The predicted molar refractivity (Wildman–Crippen MR) is 80.8 cm³/mol.